The van der Waals surface area contributed by atoms with E-state index in [1.54, 1.807) is 24.3 Å². The van der Waals surface area contributed by atoms with Crippen molar-refractivity contribution in [2.24, 2.45) is 0 Å². The van der Waals surface area contributed by atoms with Gasteiger partial charge in [0, 0.05) is 30.8 Å². The zero-order chi connectivity index (χ0) is 19.7. The summed E-state index contributed by atoms with van der Waals surface area (Å²) in [6, 6.07) is 8.48. The molecule has 9 nitrogen and oxygen atoms in total. The third-order valence-electron chi connectivity index (χ3n) is 4.95. The van der Waals surface area contributed by atoms with Crippen LogP contribution in [-0.4, -0.2) is 26.4 Å². The SMILES string of the molecule is O=C(CCn1c(=O)oc2ccccc21)N[C@@H]1CCc2ncc([N+](=O)[O-])cc2C1. The minimum absolute atomic E-state index is 0.0445. The molecule has 0 aliphatic heterocycles. The fraction of sp³-hybridized carbons (Fsp3) is 0.316. The summed E-state index contributed by atoms with van der Waals surface area (Å²) < 4.78 is 6.61. The molecule has 0 fully saturated rings. The summed E-state index contributed by atoms with van der Waals surface area (Å²) >= 11 is 0. The number of rotatable bonds is 5. The Labute approximate surface area is 159 Å². The lowest BCUT2D eigenvalue weighted by Crippen LogP contribution is -2.39. The van der Waals surface area contributed by atoms with Gasteiger partial charge < -0.3 is 9.73 Å². The summed E-state index contributed by atoms with van der Waals surface area (Å²) in [6.45, 7) is 0.220. The number of para-hydroxylation sites is 2. The number of amides is 1. The summed E-state index contributed by atoms with van der Waals surface area (Å²) in [6.07, 6.45) is 3.29. The van der Waals surface area contributed by atoms with Crippen LogP contribution in [-0.2, 0) is 24.2 Å². The highest BCUT2D eigenvalue weighted by atomic mass is 16.6. The molecule has 28 heavy (non-hydrogen) atoms. The number of carbonyl (C=O) groups is 1. The smallest absolute Gasteiger partial charge is 0.408 e. The molecule has 0 saturated carbocycles. The van der Waals surface area contributed by atoms with E-state index >= 15 is 0 Å². The number of nitro groups is 1. The first-order chi connectivity index (χ1) is 13.5. The van der Waals surface area contributed by atoms with Gasteiger partial charge in [0.2, 0.25) is 5.91 Å². The third-order valence-corrected chi connectivity index (χ3v) is 4.95. The average Bonchev–Trinajstić information content (AvgIpc) is 3.00. The van der Waals surface area contributed by atoms with Crippen molar-refractivity contribution < 1.29 is 14.1 Å². The zero-order valence-electron chi connectivity index (χ0n) is 15.0. The van der Waals surface area contributed by atoms with Gasteiger partial charge in [-0.05, 0) is 37.0 Å². The molecule has 0 saturated heterocycles. The number of hydrogen-bond donors (Lipinski definition) is 1. The first-order valence-electron chi connectivity index (χ1n) is 9.01. The Hall–Kier alpha value is -3.49. The number of benzene rings is 1. The maximum absolute atomic E-state index is 12.4. The van der Waals surface area contributed by atoms with Crippen molar-refractivity contribution in [1.82, 2.24) is 14.9 Å². The molecule has 1 aliphatic rings. The van der Waals surface area contributed by atoms with Gasteiger partial charge in [0.1, 0.15) is 6.20 Å². The molecule has 144 valence electrons. The minimum Gasteiger partial charge on any atom is -0.408 e. The van der Waals surface area contributed by atoms with Crippen molar-refractivity contribution in [1.29, 1.82) is 0 Å². The molecular weight excluding hydrogens is 364 g/mol. The normalized spacial score (nSPS) is 15.9. The molecule has 0 bridgehead atoms. The lowest BCUT2D eigenvalue weighted by molar-refractivity contribution is -0.385. The first kappa shape index (κ1) is 17.9. The average molecular weight is 382 g/mol. The summed E-state index contributed by atoms with van der Waals surface area (Å²) in [7, 11) is 0. The molecule has 4 rings (SSSR count). The van der Waals surface area contributed by atoms with Crippen molar-refractivity contribution in [3.63, 3.8) is 0 Å². The van der Waals surface area contributed by atoms with Crippen molar-refractivity contribution in [3.8, 4) is 0 Å². The summed E-state index contributed by atoms with van der Waals surface area (Å²) in [5.41, 5.74) is 2.74. The van der Waals surface area contributed by atoms with Crippen molar-refractivity contribution in [3.05, 3.63) is 68.5 Å². The second kappa shape index (κ2) is 7.26. The van der Waals surface area contributed by atoms with Crippen molar-refractivity contribution >= 4 is 22.7 Å². The van der Waals surface area contributed by atoms with E-state index in [-0.39, 0.29) is 30.6 Å². The molecule has 3 aromatic rings. The van der Waals surface area contributed by atoms with Gasteiger partial charge in [-0.1, -0.05) is 12.1 Å². The van der Waals surface area contributed by atoms with Gasteiger partial charge in [-0.15, -0.1) is 0 Å². The van der Waals surface area contributed by atoms with Crippen LogP contribution in [0.5, 0.6) is 0 Å². The number of carbonyl (C=O) groups excluding carboxylic acids is 1. The molecule has 1 aromatic carbocycles. The van der Waals surface area contributed by atoms with E-state index in [0.717, 1.165) is 17.7 Å². The Bertz CT molecular complexity index is 1120. The number of aryl methyl sites for hydroxylation is 2. The second-order valence-corrected chi connectivity index (χ2v) is 6.80. The molecule has 9 heteroatoms. The van der Waals surface area contributed by atoms with E-state index in [2.05, 4.69) is 10.3 Å². The Morgan fingerprint density at radius 3 is 3.04 bits per heavy atom. The number of oxazole rings is 1. The first-order valence-corrected chi connectivity index (χ1v) is 9.01. The quantitative estimate of drug-likeness (QED) is 0.532. The van der Waals surface area contributed by atoms with Crippen LogP contribution in [0.4, 0.5) is 5.69 Å². The van der Waals surface area contributed by atoms with Crippen LogP contribution in [0, 0.1) is 10.1 Å². The van der Waals surface area contributed by atoms with Gasteiger partial charge in [0.05, 0.1) is 10.4 Å². The van der Waals surface area contributed by atoms with E-state index in [0.29, 0.717) is 23.9 Å². The molecule has 0 spiro atoms. The van der Waals surface area contributed by atoms with E-state index in [1.165, 1.54) is 16.8 Å². The van der Waals surface area contributed by atoms with Crippen LogP contribution in [0.25, 0.3) is 11.1 Å². The topological polar surface area (TPSA) is 120 Å². The monoisotopic (exact) mass is 382 g/mol. The highest BCUT2D eigenvalue weighted by Gasteiger charge is 2.23. The molecule has 1 aliphatic carbocycles. The summed E-state index contributed by atoms with van der Waals surface area (Å²) in [5.74, 6) is -0.664. The predicted molar refractivity (Wildman–Crippen MR) is 99.9 cm³/mol. The van der Waals surface area contributed by atoms with Gasteiger partial charge in [0.15, 0.2) is 5.58 Å². The van der Waals surface area contributed by atoms with Gasteiger partial charge in [-0.25, -0.2) is 4.79 Å². The van der Waals surface area contributed by atoms with Gasteiger partial charge in [0.25, 0.3) is 5.69 Å². The van der Waals surface area contributed by atoms with Crippen molar-refractivity contribution in [2.75, 3.05) is 0 Å². The number of nitrogens with zero attached hydrogens (tertiary/aromatic N) is 3. The van der Waals surface area contributed by atoms with Crippen molar-refractivity contribution in [2.45, 2.75) is 38.3 Å². The Morgan fingerprint density at radius 2 is 2.21 bits per heavy atom. The van der Waals surface area contributed by atoms with Gasteiger partial charge in [-0.3, -0.25) is 24.5 Å². The molecule has 0 unspecified atom stereocenters. The Balaban J connectivity index is 1.39. The minimum atomic E-state index is -0.487. The van der Waals surface area contributed by atoms with E-state index in [4.69, 9.17) is 4.42 Å². The Kier molecular flexibility index (Phi) is 4.64. The molecule has 1 N–H and O–H groups in total. The number of fused-ring (bicyclic) bond motifs is 2. The van der Waals surface area contributed by atoms with E-state index in [9.17, 15) is 19.7 Å². The molecule has 1 atom stereocenters. The van der Waals surface area contributed by atoms with Crippen LogP contribution in [0.2, 0.25) is 0 Å². The number of nitrogens with one attached hydrogen (secondary N) is 1. The number of hydrogen-bond acceptors (Lipinski definition) is 6. The Morgan fingerprint density at radius 1 is 1.39 bits per heavy atom. The lowest BCUT2D eigenvalue weighted by Gasteiger charge is -2.24. The van der Waals surface area contributed by atoms with Gasteiger partial charge in [-0.2, -0.15) is 0 Å². The van der Waals surface area contributed by atoms with Crippen LogP contribution in [0.15, 0.2) is 45.7 Å². The zero-order valence-corrected chi connectivity index (χ0v) is 15.0. The van der Waals surface area contributed by atoms with E-state index < -0.39 is 10.7 Å². The van der Waals surface area contributed by atoms with E-state index in [1.807, 2.05) is 0 Å². The maximum Gasteiger partial charge on any atom is 0.419 e. The fourth-order valence-corrected chi connectivity index (χ4v) is 3.57. The molecule has 1 amide bonds. The van der Waals surface area contributed by atoms with Crippen LogP contribution < -0.4 is 11.1 Å². The highest BCUT2D eigenvalue weighted by Crippen LogP contribution is 2.23. The molecular formula is C19H18N4O5. The fourth-order valence-electron chi connectivity index (χ4n) is 3.57. The largest absolute Gasteiger partial charge is 0.419 e. The van der Waals surface area contributed by atoms with Gasteiger partial charge >= 0.3 is 5.76 Å². The lowest BCUT2D eigenvalue weighted by atomic mass is 9.91. The van der Waals surface area contributed by atoms with Crippen LogP contribution in [0.3, 0.4) is 0 Å². The number of pyridine rings is 1. The second-order valence-electron chi connectivity index (χ2n) is 6.80. The summed E-state index contributed by atoms with van der Waals surface area (Å²) in [4.78, 5) is 38.9. The molecule has 0 radical (unpaired) electrons. The van der Waals surface area contributed by atoms with Crippen LogP contribution >= 0.6 is 0 Å². The standard InChI is InChI=1S/C19H18N4O5/c24-18(7-8-22-16-3-1-2-4-17(16)28-19(22)25)21-13-5-6-15-12(9-13)10-14(11-20-15)23(26)27/h1-4,10-11,13H,5-9H2,(H,21,24)/t13-/m1/s1. The predicted octanol–water partition coefficient (Wildman–Crippen LogP) is 1.96. The third kappa shape index (κ3) is 3.51. The van der Waals surface area contributed by atoms with Crippen LogP contribution in [0.1, 0.15) is 24.1 Å². The molecule has 2 heterocycles. The molecule has 2 aromatic heterocycles. The highest BCUT2D eigenvalue weighted by molar-refractivity contribution is 5.77. The number of aromatic nitrogens is 2. The summed E-state index contributed by atoms with van der Waals surface area (Å²) in [5, 5.41) is 13.9. The maximum atomic E-state index is 12.4.